The molecule has 0 saturated carbocycles. The van der Waals surface area contributed by atoms with Crippen molar-refractivity contribution >= 4 is 5.71 Å². The number of aliphatic hydroxyl groups is 1. The number of nitrogens with zero attached hydrogens (tertiary/aromatic N) is 1. The predicted molar refractivity (Wildman–Crippen MR) is 76.7 cm³/mol. The highest BCUT2D eigenvalue weighted by Gasteiger charge is 2.47. The third-order valence-corrected chi connectivity index (χ3v) is 4.18. The van der Waals surface area contributed by atoms with Gasteiger partial charge in [-0.05, 0) is 23.1 Å². The van der Waals surface area contributed by atoms with Crippen molar-refractivity contribution in [3.63, 3.8) is 0 Å². The summed E-state index contributed by atoms with van der Waals surface area (Å²) in [6.45, 7) is 1.68. The summed E-state index contributed by atoms with van der Waals surface area (Å²) in [5.41, 5.74) is 5.45. The van der Waals surface area contributed by atoms with Crippen LogP contribution < -0.4 is 0 Å². The molecular weight excluding hydrogens is 250 g/mol. The molecule has 0 aromatic heterocycles. The van der Waals surface area contributed by atoms with Gasteiger partial charge in [0.2, 0.25) is 5.79 Å². The second-order valence-corrected chi connectivity index (χ2v) is 5.59. The van der Waals surface area contributed by atoms with Crippen LogP contribution in [0.2, 0.25) is 0 Å². The number of benzene rings is 2. The third-order valence-electron chi connectivity index (χ3n) is 4.18. The zero-order valence-corrected chi connectivity index (χ0v) is 11.2. The third kappa shape index (κ3) is 1.53. The Labute approximate surface area is 117 Å². The summed E-state index contributed by atoms with van der Waals surface area (Å²) in [6.07, 6.45) is 0.859. The average Bonchev–Trinajstić information content (AvgIpc) is 2.67. The molecule has 0 amide bonds. The van der Waals surface area contributed by atoms with E-state index < -0.39 is 5.79 Å². The van der Waals surface area contributed by atoms with Crippen LogP contribution in [0.25, 0.3) is 0 Å². The summed E-state index contributed by atoms with van der Waals surface area (Å²) in [5.74, 6) is -1.52. The van der Waals surface area contributed by atoms with E-state index in [1.807, 2.05) is 24.3 Å². The molecule has 2 aliphatic rings. The van der Waals surface area contributed by atoms with Gasteiger partial charge in [0.25, 0.3) is 0 Å². The van der Waals surface area contributed by atoms with E-state index in [1.54, 1.807) is 6.92 Å². The first-order valence-electron chi connectivity index (χ1n) is 6.81. The second kappa shape index (κ2) is 3.93. The Morgan fingerprint density at radius 1 is 1.10 bits per heavy atom. The first kappa shape index (κ1) is 11.7. The van der Waals surface area contributed by atoms with Crippen LogP contribution in [0, 0.1) is 0 Å². The van der Waals surface area contributed by atoms with Gasteiger partial charge in [0.1, 0.15) is 5.71 Å². The van der Waals surface area contributed by atoms with E-state index in [0.29, 0.717) is 0 Å². The summed E-state index contributed by atoms with van der Waals surface area (Å²) < 4.78 is 0. The molecule has 3 nitrogen and oxygen atoms in total. The number of rotatable bonds is 0. The fraction of sp³-hybridized carbons (Fsp3) is 0.235. The number of oxime groups is 1. The van der Waals surface area contributed by atoms with Gasteiger partial charge in [-0.15, -0.1) is 0 Å². The van der Waals surface area contributed by atoms with Crippen LogP contribution in [0.4, 0.5) is 0 Å². The lowest BCUT2D eigenvalue weighted by molar-refractivity contribution is -0.179. The largest absolute Gasteiger partial charge is 0.359 e. The van der Waals surface area contributed by atoms with Gasteiger partial charge < -0.3 is 9.94 Å². The van der Waals surface area contributed by atoms with Crippen molar-refractivity contribution in [2.24, 2.45) is 5.16 Å². The van der Waals surface area contributed by atoms with E-state index in [2.05, 4.69) is 29.4 Å². The maximum absolute atomic E-state index is 10.6. The SMILES string of the molecule is CC1(O)ON=C2c3ccccc3Cc3ccccc3C21. The van der Waals surface area contributed by atoms with Crippen LogP contribution in [-0.4, -0.2) is 16.6 Å². The fourth-order valence-electron chi connectivity index (χ4n) is 3.25. The lowest BCUT2D eigenvalue weighted by atomic mass is 9.84. The van der Waals surface area contributed by atoms with Gasteiger partial charge in [-0.3, -0.25) is 0 Å². The number of hydrogen-bond acceptors (Lipinski definition) is 3. The molecule has 0 radical (unpaired) electrons. The summed E-state index contributed by atoms with van der Waals surface area (Å²) >= 11 is 0. The summed E-state index contributed by atoms with van der Waals surface area (Å²) in [7, 11) is 0. The van der Waals surface area contributed by atoms with Crippen molar-refractivity contribution in [2.75, 3.05) is 0 Å². The van der Waals surface area contributed by atoms with Crippen molar-refractivity contribution in [1.29, 1.82) is 0 Å². The van der Waals surface area contributed by atoms with Gasteiger partial charge in [-0.1, -0.05) is 53.7 Å². The Kier molecular flexibility index (Phi) is 2.30. The van der Waals surface area contributed by atoms with Gasteiger partial charge >= 0.3 is 0 Å². The minimum absolute atomic E-state index is 0.234. The standard InChI is InChI=1S/C17H15NO2/c1-17(19)15-13-8-4-2-6-11(13)10-12-7-3-5-9-14(12)16(15)18-20-17/h2-9,15,19H,10H2,1H3. The van der Waals surface area contributed by atoms with Crippen molar-refractivity contribution in [3.8, 4) is 0 Å². The van der Waals surface area contributed by atoms with E-state index >= 15 is 0 Å². The highest BCUT2D eigenvalue weighted by Crippen LogP contribution is 2.42. The van der Waals surface area contributed by atoms with Crippen LogP contribution in [0.15, 0.2) is 53.7 Å². The van der Waals surface area contributed by atoms with E-state index in [9.17, 15) is 5.11 Å². The molecule has 0 bridgehead atoms. The molecule has 1 aliphatic carbocycles. The first-order valence-corrected chi connectivity index (χ1v) is 6.81. The Morgan fingerprint density at radius 3 is 2.65 bits per heavy atom. The van der Waals surface area contributed by atoms with E-state index in [0.717, 1.165) is 23.3 Å². The van der Waals surface area contributed by atoms with Crippen molar-refractivity contribution < 1.29 is 9.94 Å². The first-order chi connectivity index (χ1) is 9.67. The maximum atomic E-state index is 10.6. The molecule has 0 fully saturated rings. The Balaban J connectivity index is 2.02. The van der Waals surface area contributed by atoms with Crippen molar-refractivity contribution in [2.45, 2.75) is 25.0 Å². The molecule has 4 rings (SSSR count). The number of hydrogen-bond donors (Lipinski definition) is 1. The lowest BCUT2D eigenvalue weighted by Gasteiger charge is -2.24. The predicted octanol–water partition coefficient (Wildman–Crippen LogP) is 2.82. The molecule has 100 valence electrons. The minimum Gasteiger partial charge on any atom is -0.359 e. The Bertz CT molecular complexity index is 718. The molecule has 0 saturated heterocycles. The van der Waals surface area contributed by atoms with Crippen LogP contribution in [-0.2, 0) is 11.3 Å². The van der Waals surface area contributed by atoms with Crippen molar-refractivity contribution in [3.05, 3.63) is 70.8 Å². The normalized spacial score (nSPS) is 26.7. The molecule has 2 atom stereocenters. The van der Waals surface area contributed by atoms with Gasteiger partial charge in [0.05, 0.1) is 5.92 Å². The molecule has 0 spiro atoms. The second-order valence-electron chi connectivity index (χ2n) is 5.59. The van der Waals surface area contributed by atoms with E-state index in [-0.39, 0.29) is 5.92 Å². The summed E-state index contributed by atoms with van der Waals surface area (Å²) in [5, 5.41) is 14.7. The van der Waals surface area contributed by atoms with Gasteiger partial charge in [0.15, 0.2) is 0 Å². The van der Waals surface area contributed by atoms with Crippen LogP contribution in [0.1, 0.15) is 35.1 Å². The molecule has 2 aromatic rings. The smallest absolute Gasteiger partial charge is 0.244 e. The monoisotopic (exact) mass is 265 g/mol. The molecule has 1 aliphatic heterocycles. The van der Waals surface area contributed by atoms with Gasteiger partial charge in [-0.25, -0.2) is 0 Å². The van der Waals surface area contributed by atoms with Crippen LogP contribution in [0.3, 0.4) is 0 Å². The average molecular weight is 265 g/mol. The molecule has 1 N–H and O–H groups in total. The van der Waals surface area contributed by atoms with Crippen LogP contribution >= 0.6 is 0 Å². The molecule has 20 heavy (non-hydrogen) atoms. The molecule has 3 heteroatoms. The zero-order valence-electron chi connectivity index (χ0n) is 11.2. The molecular formula is C17H15NO2. The summed E-state index contributed by atoms with van der Waals surface area (Å²) in [6, 6.07) is 16.4. The Morgan fingerprint density at radius 2 is 1.80 bits per heavy atom. The molecule has 2 unspecified atom stereocenters. The molecule has 2 aromatic carbocycles. The minimum atomic E-state index is -1.29. The Hall–Kier alpha value is -2.13. The lowest BCUT2D eigenvalue weighted by Crippen LogP contribution is -2.34. The topological polar surface area (TPSA) is 41.8 Å². The molecule has 1 heterocycles. The quantitative estimate of drug-likeness (QED) is 0.796. The summed E-state index contributed by atoms with van der Waals surface area (Å²) in [4.78, 5) is 5.30. The fourth-order valence-corrected chi connectivity index (χ4v) is 3.25. The van der Waals surface area contributed by atoms with E-state index in [4.69, 9.17) is 4.84 Å². The maximum Gasteiger partial charge on any atom is 0.244 e. The van der Waals surface area contributed by atoms with Crippen LogP contribution in [0.5, 0.6) is 0 Å². The van der Waals surface area contributed by atoms with E-state index in [1.165, 1.54) is 11.1 Å². The van der Waals surface area contributed by atoms with Gasteiger partial charge in [-0.2, -0.15) is 0 Å². The highest BCUT2D eigenvalue weighted by atomic mass is 16.7. The highest BCUT2D eigenvalue weighted by molar-refractivity contribution is 6.08. The zero-order chi connectivity index (χ0) is 13.7. The number of fused-ring (bicyclic) bond motifs is 5. The van der Waals surface area contributed by atoms with Gasteiger partial charge in [0, 0.05) is 12.5 Å². The van der Waals surface area contributed by atoms with Crippen molar-refractivity contribution in [1.82, 2.24) is 0 Å².